The van der Waals surface area contributed by atoms with Crippen molar-refractivity contribution in [2.45, 2.75) is 17.4 Å². The summed E-state index contributed by atoms with van der Waals surface area (Å²) in [5.41, 5.74) is 1.20. The van der Waals surface area contributed by atoms with Crippen LogP contribution >= 0.6 is 34.7 Å². The molecule has 1 N–H and O–H groups in total. The summed E-state index contributed by atoms with van der Waals surface area (Å²) in [4.78, 5) is 16.8. The highest BCUT2D eigenvalue weighted by molar-refractivity contribution is 8.01. The summed E-state index contributed by atoms with van der Waals surface area (Å²) in [6.07, 6.45) is 1.64. The number of nitrogens with zero attached hydrogens (tertiary/aromatic N) is 4. The third-order valence-electron chi connectivity index (χ3n) is 4.74. The monoisotopic (exact) mass is 463 g/mol. The third kappa shape index (κ3) is 5.98. The van der Waals surface area contributed by atoms with Crippen molar-refractivity contribution in [1.82, 2.24) is 20.0 Å². The van der Waals surface area contributed by atoms with E-state index in [9.17, 15) is 4.79 Å². The zero-order valence-electron chi connectivity index (χ0n) is 16.3. The number of nitrogens with one attached hydrogen (secondary N) is 1. The SMILES string of the molecule is O=C(CSc1nnc(NCc2ccco2)s1)N1CCN(Cc2cccc(Cl)c2)CC1. The number of piperazine rings is 1. The van der Waals surface area contributed by atoms with E-state index in [1.165, 1.54) is 28.7 Å². The normalized spacial score (nSPS) is 14.8. The van der Waals surface area contributed by atoms with Crippen LogP contribution in [0.3, 0.4) is 0 Å². The molecule has 7 nitrogen and oxygen atoms in total. The van der Waals surface area contributed by atoms with Gasteiger partial charge in [-0.15, -0.1) is 10.2 Å². The van der Waals surface area contributed by atoms with Gasteiger partial charge in [-0.3, -0.25) is 9.69 Å². The van der Waals surface area contributed by atoms with Crippen molar-refractivity contribution >= 4 is 45.7 Å². The predicted molar refractivity (Wildman–Crippen MR) is 120 cm³/mol. The van der Waals surface area contributed by atoms with E-state index in [1.807, 2.05) is 35.2 Å². The Hall–Kier alpha value is -2.07. The van der Waals surface area contributed by atoms with Gasteiger partial charge in [-0.1, -0.05) is 46.8 Å². The van der Waals surface area contributed by atoms with Gasteiger partial charge in [0.05, 0.1) is 18.6 Å². The number of carbonyl (C=O) groups is 1. The van der Waals surface area contributed by atoms with Crippen molar-refractivity contribution in [1.29, 1.82) is 0 Å². The summed E-state index contributed by atoms with van der Waals surface area (Å²) in [7, 11) is 0. The van der Waals surface area contributed by atoms with Gasteiger partial charge in [-0.25, -0.2) is 0 Å². The van der Waals surface area contributed by atoms with Crippen molar-refractivity contribution < 1.29 is 9.21 Å². The molecule has 1 aromatic carbocycles. The Bertz CT molecular complexity index is 958. The maximum absolute atomic E-state index is 12.6. The first-order valence-corrected chi connectivity index (χ1v) is 11.8. The third-order valence-corrected chi connectivity index (χ3v) is 6.97. The topological polar surface area (TPSA) is 74.5 Å². The number of thioether (sulfide) groups is 1. The lowest BCUT2D eigenvalue weighted by Crippen LogP contribution is -2.48. The van der Waals surface area contributed by atoms with Gasteiger partial charge in [0.2, 0.25) is 11.0 Å². The molecule has 158 valence electrons. The first-order chi connectivity index (χ1) is 14.7. The Kier molecular flexibility index (Phi) is 7.27. The number of anilines is 1. The summed E-state index contributed by atoms with van der Waals surface area (Å²) in [5.74, 6) is 1.35. The van der Waals surface area contributed by atoms with Crippen molar-refractivity contribution in [3.05, 3.63) is 59.0 Å². The van der Waals surface area contributed by atoms with E-state index in [2.05, 4.69) is 26.5 Å². The van der Waals surface area contributed by atoms with Gasteiger partial charge >= 0.3 is 0 Å². The number of amides is 1. The summed E-state index contributed by atoms with van der Waals surface area (Å²) >= 11 is 8.94. The highest BCUT2D eigenvalue weighted by Crippen LogP contribution is 2.26. The molecular formula is C20H22ClN5O2S2. The first-order valence-electron chi connectivity index (χ1n) is 9.63. The van der Waals surface area contributed by atoms with Crippen LogP contribution in [-0.4, -0.2) is 57.8 Å². The second-order valence-corrected chi connectivity index (χ2v) is 9.52. The molecule has 3 aromatic rings. The molecule has 0 aliphatic carbocycles. The van der Waals surface area contributed by atoms with Gasteiger partial charge in [0, 0.05) is 37.7 Å². The molecule has 0 atom stereocenters. The summed E-state index contributed by atoms with van der Waals surface area (Å²) in [6, 6.07) is 11.7. The number of hydrogen-bond acceptors (Lipinski definition) is 8. The van der Waals surface area contributed by atoms with Gasteiger partial charge in [-0.05, 0) is 29.8 Å². The molecule has 3 heterocycles. The standard InChI is InChI=1S/C20H22ClN5O2S2/c21-16-4-1-3-15(11-16)13-25-6-8-26(9-7-25)18(27)14-29-20-24-23-19(30-20)22-12-17-5-2-10-28-17/h1-5,10-11H,6-9,12-14H2,(H,22,23). The minimum atomic E-state index is 0.141. The highest BCUT2D eigenvalue weighted by Gasteiger charge is 2.21. The van der Waals surface area contributed by atoms with Crippen LogP contribution < -0.4 is 5.32 Å². The zero-order valence-corrected chi connectivity index (χ0v) is 18.7. The maximum Gasteiger partial charge on any atom is 0.233 e. The lowest BCUT2D eigenvalue weighted by molar-refractivity contribution is -0.130. The molecule has 10 heteroatoms. The van der Waals surface area contributed by atoms with E-state index in [1.54, 1.807) is 6.26 Å². The second-order valence-electron chi connectivity index (χ2n) is 6.88. The van der Waals surface area contributed by atoms with Crippen LogP contribution in [0.5, 0.6) is 0 Å². The molecule has 1 saturated heterocycles. The van der Waals surface area contributed by atoms with E-state index < -0.39 is 0 Å². The number of carbonyl (C=O) groups excluding carboxylic acids is 1. The summed E-state index contributed by atoms with van der Waals surface area (Å²) in [5, 5.41) is 12.9. The van der Waals surface area contributed by atoms with Gasteiger partial charge in [0.25, 0.3) is 0 Å². The second kappa shape index (κ2) is 10.3. The molecule has 30 heavy (non-hydrogen) atoms. The van der Waals surface area contributed by atoms with Crippen LogP contribution in [0.2, 0.25) is 5.02 Å². The Balaban J connectivity index is 1.18. The Morgan fingerprint density at radius 1 is 1.20 bits per heavy atom. The number of halogens is 1. The highest BCUT2D eigenvalue weighted by atomic mass is 35.5. The minimum Gasteiger partial charge on any atom is -0.467 e. The van der Waals surface area contributed by atoms with Gasteiger partial charge in [-0.2, -0.15) is 0 Å². The lowest BCUT2D eigenvalue weighted by Gasteiger charge is -2.34. The summed E-state index contributed by atoms with van der Waals surface area (Å²) < 4.78 is 6.07. The van der Waals surface area contributed by atoms with Gasteiger partial charge in [0.1, 0.15) is 5.76 Å². The Morgan fingerprint density at radius 2 is 2.07 bits per heavy atom. The first kappa shape index (κ1) is 21.2. The predicted octanol–water partition coefficient (Wildman–Crippen LogP) is 3.83. The zero-order chi connectivity index (χ0) is 20.8. The molecule has 0 spiro atoms. The molecule has 1 aliphatic heterocycles. The molecule has 0 unspecified atom stereocenters. The van der Waals surface area contributed by atoms with Crippen molar-refractivity contribution in [2.24, 2.45) is 0 Å². The van der Waals surface area contributed by atoms with Gasteiger partial charge in [0.15, 0.2) is 4.34 Å². The molecule has 4 rings (SSSR count). The fraction of sp³-hybridized carbons (Fsp3) is 0.350. The van der Waals surface area contributed by atoms with Crippen LogP contribution in [-0.2, 0) is 17.9 Å². The van der Waals surface area contributed by atoms with Crippen LogP contribution in [0.1, 0.15) is 11.3 Å². The van der Waals surface area contributed by atoms with E-state index in [0.29, 0.717) is 12.3 Å². The Morgan fingerprint density at radius 3 is 2.83 bits per heavy atom. The molecule has 0 radical (unpaired) electrons. The molecule has 2 aromatic heterocycles. The number of aromatic nitrogens is 2. The van der Waals surface area contributed by atoms with E-state index >= 15 is 0 Å². The summed E-state index contributed by atoms with van der Waals surface area (Å²) in [6.45, 7) is 4.63. The van der Waals surface area contributed by atoms with Crippen molar-refractivity contribution in [2.75, 3.05) is 37.2 Å². The number of furan rings is 1. The minimum absolute atomic E-state index is 0.141. The van der Waals surface area contributed by atoms with Crippen LogP contribution in [0, 0.1) is 0 Å². The molecule has 1 amide bonds. The van der Waals surface area contributed by atoms with E-state index in [4.69, 9.17) is 16.0 Å². The number of rotatable bonds is 8. The van der Waals surface area contributed by atoms with Crippen LogP contribution in [0.4, 0.5) is 5.13 Å². The number of benzene rings is 1. The van der Waals surface area contributed by atoms with Crippen LogP contribution in [0.25, 0.3) is 0 Å². The molecule has 0 bridgehead atoms. The fourth-order valence-electron chi connectivity index (χ4n) is 3.18. The molecular weight excluding hydrogens is 442 g/mol. The van der Waals surface area contributed by atoms with E-state index in [-0.39, 0.29) is 5.91 Å². The van der Waals surface area contributed by atoms with Crippen molar-refractivity contribution in [3.63, 3.8) is 0 Å². The average molecular weight is 464 g/mol. The Labute approximate surface area is 188 Å². The molecule has 1 fully saturated rings. The maximum atomic E-state index is 12.6. The average Bonchev–Trinajstić information content (AvgIpc) is 3.43. The fourth-order valence-corrected chi connectivity index (χ4v) is 5.04. The molecule has 0 saturated carbocycles. The van der Waals surface area contributed by atoms with Crippen LogP contribution in [0.15, 0.2) is 51.4 Å². The molecule has 1 aliphatic rings. The quantitative estimate of drug-likeness (QED) is 0.509. The largest absolute Gasteiger partial charge is 0.467 e. The smallest absolute Gasteiger partial charge is 0.233 e. The number of hydrogen-bond donors (Lipinski definition) is 1. The van der Waals surface area contributed by atoms with E-state index in [0.717, 1.165) is 53.0 Å². The van der Waals surface area contributed by atoms with Crippen molar-refractivity contribution in [3.8, 4) is 0 Å². The van der Waals surface area contributed by atoms with Gasteiger partial charge < -0.3 is 14.6 Å². The lowest BCUT2D eigenvalue weighted by atomic mass is 10.2.